The van der Waals surface area contributed by atoms with Crippen LogP contribution in [0.1, 0.15) is 52.9 Å². The van der Waals surface area contributed by atoms with E-state index < -0.39 is 6.04 Å². The standard InChI is InChI=1S/C43H36N6O5/c1-25-16-28(27-6-10-36-37-23-44-14-13-38(37)48-39(36)18-27)21-46-42(25)54-34-19-33(20-34)53-32-8-7-30(45-22-32)4-3-15-52-31-9-11-35-29(17-31)24-49(43(35)51)40-12-5-26(2)47-41(40)50/h6-11,13-14,16-18,21-23,33-34,40,48H,2,5,12,15,19-20,24H2,1H3,(H,47,50). The van der Waals surface area contributed by atoms with Crippen LogP contribution < -0.4 is 19.5 Å². The van der Waals surface area contributed by atoms with Crippen molar-refractivity contribution in [2.45, 2.75) is 57.4 Å². The second-order valence-corrected chi connectivity index (χ2v) is 14.0. The van der Waals surface area contributed by atoms with Crippen LogP contribution >= 0.6 is 0 Å². The van der Waals surface area contributed by atoms with Crippen molar-refractivity contribution in [2.24, 2.45) is 0 Å². The van der Waals surface area contributed by atoms with Gasteiger partial charge in [-0.1, -0.05) is 24.6 Å². The van der Waals surface area contributed by atoms with Crippen LogP contribution in [-0.4, -0.2) is 61.5 Å². The summed E-state index contributed by atoms with van der Waals surface area (Å²) in [6, 6.07) is 19.0. The Balaban J connectivity index is 0.735. The maximum absolute atomic E-state index is 13.0. The molecule has 0 spiro atoms. The number of ether oxygens (including phenoxy) is 3. The van der Waals surface area contributed by atoms with Gasteiger partial charge in [0.15, 0.2) is 0 Å². The molecule has 1 saturated heterocycles. The molecule has 3 aliphatic rings. The molecular formula is C43H36N6O5. The van der Waals surface area contributed by atoms with Crippen molar-refractivity contribution < 1.29 is 23.8 Å². The Hall–Kier alpha value is -6.67. The molecule has 1 atom stereocenters. The van der Waals surface area contributed by atoms with Gasteiger partial charge in [-0.05, 0) is 85.3 Å². The lowest BCUT2D eigenvalue weighted by atomic mass is 9.92. The zero-order valence-corrected chi connectivity index (χ0v) is 29.6. The van der Waals surface area contributed by atoms with Crippen molar-refractivity contribution in [3.63, 3.8) is 0 Å². The summed E-state index contributed by atoms with van der Waals surface area (Å²) in [6.07, 6.45) is 10.0. The van der Waals surface area contributed by atoms with E-state index in [-0.39, 0.29) is 30.6 Å². The van der Waals surface area contributed by atoms with Gasteiger partial charge in [-0.15, -0.1) is 0 Å². The fourth-order valence-electron chi connectivity index (χ4n) is 7.32. The average Bonchev–Trinajstić information content (AvgIpc) is 3.70. The summed E-state index contributed by atoms with van der Waals surface area (Å²) in [5.74, 6) is 7.63. The molecule has 2 fully saturated rings. The highest BCUT2D eigenvalue weighted by atomic mass is 16.5. The van der Waals surface area contributed by atoms with Gasteiger partial charge in [0.1, 0.15) is 42.0 Å². The number of amides is 2. The van der Waals surface area contributed by atoms with Crippen molar-refractivity contribution >= 4 is 33.6 Å². The zero-order chi connectivity index (χ0) is 36.8. The quantitative estimate of drug-likeness (QED) is 0.168. The van der Waals surface area contributed by atoms with Gasteiger partial charge >= 0.3 is 0 Å². The van der Waals surface area contributed by atoms with Crippen molar-refractivity contribution in [1.29, 1.82) is 0 Å². The largest absolute Gasteiger partial charge is 0.489 e. The lowest BCUT2D eigenvalue weighted by molar-refractivity contribution is -0.126. The molecule has 11 heteroatoms. The second kappa shape index (κ2) is 13.7. The summed E-state index contributed by atoms with van der Waals surface area (Å²) in [5.41, 5.74) is 7.96. The van der Waals surface area contributed by atoms with E-state index in [1.807, 2.05) is 43.6 Å². The Labute approximate surface area is 311 Å². The van der Waals surface area contributed by atoms with Gasteiger partial charge in [0.25, 0.3) is 5.91 Å². The number of nitrogens with zero attached hydrogens (tertiary/aromatic N) is 4. The number of H-pyrrole nitrogens is 1. The molecular weight excluding hydrogens is 681 g/mol. The minimum absolute atomic E-state index is 0.0332. The first-order valence-corrected chi connectivity index (χ1v) is 18.0. The highest BCUT2D eigenvalue weighted by Crippen LogP contribution is 2.34. The number of aromatic nitrogens is 4. The summed E-state index contributed by atoms with van der Waals surface area (Å²) in [6.45, 7) is 6.37. The summed E-state index contributed by atoms with van der Waals surface area (Å²) >= 11 is 0. The molecule has 9 rings (SSSR count). The molecule has 0 bridgehead atoms. The molecule has 54 heavy (non-hydrogen) atoms. The lowest BCUT2D eigenvalue weighted by Gasteiger charge is -2.35. The van der Waals surface area contributed by atoms with Gasteiger partial charge in [-0.2, -0.15) is 0 Å². The number of nitrogens with one attached hydrogen (secondary N) is 2. The number of pyridine rings is 3. The van der Waals surface area contributed by atoms with Crippen LogP contribution in [0.3, 0.4) is 0 Å². The molecule has 1 aliphatic carbocycles. The van der Waals surface area contributed by atoms with E-state index in [2.05, 4.69) is 67.9 Å². The third-order valence-corrected chi connectivity index (χ3v) is 10.3. The number of benzene rings is 2. The van der Waals surface area contributed by atoms with Crippen molar-refractivity contribution in [2.75, 3.05) is 6.61 Å². The number of piperidine rings is 1. The van der Waals surface area contributed by atoms with Crippen LogP contribution in [0.15, 0.2) is 97.7 Å². The average molecular weight is 717 g/mol. The predicted molar refractivity (Wildman–Crippen MR) is 203 cm³/mol. The van der Waals surface area contributed by atoms with Gasteiger partial charge in [0, 0.05) is 82.2 Å². The number of allylic oxidation sites excluding steroid dienone is 1. The molecule has 2 amide bonds. The molecule has 1 saturated carbocycles. The van der Waals surface area contributed by atoms with Crippen LogP contribution in [-0.2, 0) is 11.3 Å². The molecule has 6 aromatic rings. The minimum atomic E-state index is -0.496. The van der Waals surface area contributed by atoms with Gasteiger partial charge < -0.3 is 29.4 Å². The number of aromatic amines is 1. The number of rotatable bonds is 8. The SMILES string of the molecule is C=C1CCC(N2Cc3cc(OCC#Cc4ccc(OC5CC(Oc6ncc(-c7ccc8c(c7)[nH]c7ccncc78)cc6C)C5)cn4)ccc3C2=O)C(=O)N1. The normalized spacial score (nSPS) is 19.2. The highest BCUT2D eigenvalue weighted by Gasteiger charge is 2.38. The molecule has 0 radical (unpaired) electrons. The number of carbonyl (C=O) groups is 2. The van der Waals surface area contributed by atoms with Crippen molar-refractivity contribution in [3.8, 4) is 40.3 Å². The molecule has 2 N–H and O–H groups in total. The number of fused-ring (bicyclic) bond motifs is 4. The van der Waals surface area contributed by atoms with E-state index >= 15 is 0 Å². The molecule has 2 aromatic carbocycles. The van der Waals surface area contributed by atoms with Gasteiger partial charge in [-0.3, -0.25) is 14.6 Å². The third-order valence-electron chi connectivity index (χ3n) is 10.3. The Morgan fingerprint density at radius 3 is 2.59 bits per heavy atom. The summed E-state index contributed by atoms with van der Waals surface area (Å²) in [5, 5.41) is 5.03. The van der Waals surface area contributed by atoms with Crippen LogP contribution in [0.4, 0.5) is 0 Å². The highest BCUT2D eigenvalue weighted by molar-refractivity contribution is 6.07. The number of carbonyl (C=O) groups excluding carboxylic acids is 2. The topological polar surface area (TPSA) is 132 Å². The molecule has 268 valence electrons. The van der Waals surface area contributed by atoms with Crippen LogP contribution in [0.2, 0.25) is 0 Å². The van der Waals surface area contributed by atoms with E-state index in [9.17, 15) is 9.59 Å². The first-order chi connectivity index (χ1) is 26.3. The Morgan fingerprint density at radius 1 is 0.889 bits per heavy atom. The molecule has 6 heterocycles. The Kier molecular flexibility index (Phi) is 8.43. The molecule has 1 unspecified atom stereocenters. The summed E-state index contributed by atoms with van der Waals surface area (Å²) in [7, 11) is 0. The molecule has 2 aliphatic heterocycles. The fraction of sp³-hybridized carbons (Fsp3) is 0.233. The summed E-state index contributed by atoms with van der Waals surface area (Å²) < 4.78 is 18.2. The monoisotopic (exact) mass is 716 g/mol. The van der Waals surface area contributed by atoms with E-state index in [4.69, 9.17) is 14.2 Å². The van der Waals surface area contributed by atoms with E-state index in [1.54, 1.807) is 29.4 Å². The van der Waals surface area contributed by atoms with Gasteiger partial charge in [0.2, 0.25) is 11.8 Å². The second-order valence-electron chi connectivity index (χ2n) is 14.0. The zero-order valence-electron chi connectivity index (χ0n) is 29.6. The number of aryl methyl sites for hydroxylation is 1. The fourth-order valence-corrected chi connectivity index (χ4v) is 7.32. The maximum atomic E-state index is 13.0. The third kappa shape index (κ3) is 6.47. The van der Waals surface area contributed by atoms with Crippen LogP contribution in [0.25, 0.3) is 32.9 Å². The Bertz CT molecular complexity index is 2530. The molecule has 4 aromatic heterocycles. The number of hydrogen-bond acceptors (Lipinski definition) is 8. The molecule has 11 nitrogen and oxygen atoms in total. The lowest BCUT2D eigenvalue weighted by Crippen LogP contribution is -2.49. The van der Waals surface area contributed by atoms with Gasteiger partial charge in [-0.25, -0.2) is 9.97 Å². The van der Waals surface area contributed by atoms with E-state index in [1.165, 1.54) is 0 Å². The van der Waals surface area contributed by atoms with Crippen LogP contribution in [0.5, 0.6) is 17.4 Å². The van der Waals surface area contributed by atoms with Crippen LogP contribution in [0, 0.1) is 18.8 Å². The minimum Gasteiger partial charge on any atom is -0.489 e. The maximum Gasteiger partial charge on any atom is 0.255 e. The summed E-state index contributed by atoms with van der Waals surface area (Å²) in [4.78, 5) is 43.9. The Morgan fingerprint density at radius 2 is 1.76 bits per heavy atom. The van der Waals surface area contributed by atoms with Crippen molar-refractivity contribution in [1.82, 2.24) is 30.2 Å². The number of hydrogen-bond donors (Lipinski definition) is 2. The van der Waals surface area contributed by atoms with Gasteiger partial charge in [0.05, 0.1) is 6.20 Å². The first kappa shape index (κ1) is 33.2. The van der Waals surface area contributed by atoms with E-state index in [0.717, 1.165) is 56.9 Å². The predicted octanol–water partition coefficient (Wildman–Crippen LogP) is 6.65. The van der Waals surface area contributed by atoms with E-state index in [0.29, 0.717) is 53.7 Å². The smallest absolute Gasteiger partial charge is 0.255 e. The van der Waals surface area contributed by atoms with Crippen molar-refractivity contribution in [3.05, 3.63) is 120 Å². The first-order valence-electron chi connectivity index (χ1n) is 18.0.